The zero-order chi connectivity index (χ0) is 14.7. The predicted octanol–water partition coefficient (Wildman–Crippen LogP) is 1.40. The van der Waals surface area contributed by atoms with Gasteiger partial charge in [0.2, 0.25) is 0 Å². The van der Waals surface area contributed by atoms with E-state index < -0.39 is 0 Å². The van der Waals surface area contributed by atoms with Gasteiger partial charge in [0.25, 0.3) is 5.91 Å². The molecule has 0 atom stereocenters. The molecule has 0 spiro atoms. The fourth-order valence-corrected chi connectivity index (χ4v) is 2.38. The van der Waals surface area contributed by atoms with Crippen LogP contribution in [0, 0.1) is 0 Å². The number of piperazine rings is 1. The Bertz CT molecular complexity index is 633. The van der Waals surface area contributed by atoms with Crippen molar-refractivity contribution in [2.24, 2.45) is 0 Å². The van der Waals surface area contributed by atoms with Crippen LogP contribution in [0.15, 0.2) is 34.9 Å². The first-order valence-corrected chi connectivity index (χ1v) is 6.89. The Morgan fingerprint density at radius 3 is 2.86 bits per heavy atom. The Morgan fingerprint density at radius 1 is 1.33 bits per heavy atom. The van der Waals surface area contributed by atoms with E-state index in [0.717, 1.165) is 18.7 Å². The maximum absolute atomic E-state index is 12.3. The van der Waals surface area contributed by atoms with Crippen LogP contribution in [-0.4, -0.2) is 49.3 Å². The van der Waals surface area contributed by atoms with Crippen LogP contribution in [0.4, 0.5) is 0 Å². The second kappa shape index (κ2) is 5.97. The molecule has 0 bridgehead atoms. The van der Waals surface area contributed by atoms with Crippen molar-refractivity contribution >= 4 is 5.91 Å². The van der Waals surface area contributed by atoms with Gasteiger partial charge < -0.3 is 19.5 Å². The van der Waals surface area contributed by atoms with Gasteiger partial charge in [-0.2, -0.15) is 0 Å². The molecule has 6 nitrogen and oxygen atoms in total. The van der Waals surface area contributed by atoms with Crippen molar-refractivity contribution in [3.8, 4) is 17.1 Å². The first kappa shape index (κ1) is 13.6. The molecule has 0 saturated carbocycles. The van der Waals surface area contributed by atoms with Crippen LogP contribution in [0.1, 0.15) is 10.5 Å². The highest BCUT2D eigenvalue weighted by Crippen LogP contribution is 2.30. The zero-order valence-electron chi connectivity index (χ0n) is 11.8. The van der Waals surface area contributed by atoms with Crippen LogP contribution >= 0.6 is 0 Å². The van der Waals surface area contributed by atoms with Gasteiger partial charge >= 0.3 is 0 Å². The maximum atomic E-state index is 12.3. The van der Waals surface area contributed by atoms with Gasteiger partial charge in [-0.3, -0.25) is 4.79 Å². The second-order valence-electron chi connectivity index (χ2n) is 4.82. The van der Waals surface area contributed by atoms with Gasteiger partial charge in [-0.15, -0.1) is 0 Å². The van der Waals surface area contributed by atoms with Crippen molar-refractivity contribution in [2.45, 2.75) is 0 Å². The standard InChI is InChI=1S/C15H17N3O3/c1-20-13-5-3-2-4-11(13)14-10-12(17-21-14)15(19)18-8-6-16-7-9-18/h2-5,10,16H,6-9H2,1H3. The minimum Gasteiger partial charge on any atom is -0.496 e. The molecular formula is C15H17N3O3. The Balaban J connectivity index is 1.84. The van der Waals surface area contributed by atoms with Gasteiger partial charge in [0.1, 0.15) is 5.75 Å². The number of amides is 1. The predicted molar refractivity (Wildman–Crippen MR) is 77.3 cm³/mol. The Labute approximate surface area is 122 Å². The first-order chi connectivity index (χ1) is 10.3. The van der Waals surface area contributed by atoms with E-state index in [2.05, 4.69) is 10.5 Å². The number of nitrogens with one attached hydrogen (secondary N) is 1. The molecule has 1 aliphatic rings. The lowest BCUT2D eigenvalue weighted by Crippen LogP contribution is -2.46. The third kappa shape index (κ3) is 2.75. The molecule has 110 valence electrons. The van der Waals surface area contributed by atoms with Crippen molar-refractivity contribution in [3.63, 3.8) is 0 Å². The average molecular weight is 287 g/mol. The molecule has 1 fully saturated rings. The monoisotopic (exact) mass is 287 g/mol. The molecule has 1 aromatic carbocycles. The molecule has 1 aromatic heterocycles. The number of hydrogen-bond donors (Lipinski definition) is 1. The fraction of sp³-hybridized carbons (Fsp3) is 0.333. The summed E-state index contributed by atoms with van der Waals surface area (Å²) in [6.07, 6.45) is 0. The van der Waals surface area contributed by atoms with Gasteiger partial charge in [-0.05, 0) is 12.1 Å². The number of aromatic nitrogens is 1. The largest absolute Gasteiger partial charge is 0.496 e. The van der Waals surface area contributed by atoms with Crippen LogP contribution in [0.25, 0.3) is 11.3 Å². The van der Waals surface area contributed by atoms with E-state index >= 15 is 0 Å². The van der Waals surface area contributed by atoms with Crippen molar-refractivity contribution < 1.29 is 14.1 Å². The van der Waals surface area contributed by atoms with E-state index in [1.165, 1.54) is 0 Å². The molecule has 21 heavy (non-hydrogen) atoms. The fourth-order valence-electron chi connectivity index (χ4n) is 2.38. The van der Waals surface area contributed by atoms with Crippen molar-refractivity contribution in [1.82, 2.24) is 15.4 Å². The summed E-state index contributed by atoms with van der Waals surface area (Å²) in [4.78, 5) is 14.1. The number of methoxy groups -OCH3 is 1. The summed E-state index contributed by atoms with van der Waals surface area (Å²) in [7, 11) is 1.60. The number of rotatable bonds is 3. The smallest absolute Gasteiger partial charge is 0.276 e. The molecule has 0 aliphatic carbocycles. The maximum Gasteiger partial charge on any atom is 0.276 e. The zero-order valence-corrected chi connectivity index (χ0v) is 11.8. The molecule has 1 amide bonds. The SMILES string of the molecule is COc1ccccc1-c1cc(C(=O)N2CCNCC2)no1. The number of benzene rings is 1. The molecule has 2 aromatic rings. The van der Waals surface area contributed by atoms with E-state index in [9.17, 15) is 4.79 Å². The quantitative estimate of drug-likeness (QED) is 0.924. The number of nitrogens with zero attached hydrogens (tertiary/aromatic N) is 2. The molecule has 2 heterocycles. The summed E-state index contributed by atoms with van der Waals surface area (Å²) in [6, 6.07) is 9.15. The van der Waals surface area contributed by atoms with Gasteiger partial charge in [0, 0.05) is 32.2 Å². The van der Waals surface area contributed by atoms with Crippen LogP contribution < -0.4 is 10.1 Å². The van der Waals surface area contributed by atoms with Crippen LogP contribution in [-0.2, 0) is 0 Å². The minimum absolute atomic E-state index is 0.0959. The highest BCUT2D eigenvalue weighted by Gasteiger charge is 2.22. The van der Waals surface area contributed by atoms with Crippen molar-refractivity contribution in [2.75, 3.05) is 33.3 Å². The molecule has 0 radical (unpaired) electrons. The normalized spacial score (nSPS) is 15.0. The number of carbonyl (C=O) groups excluding carboxylic acids is 1. The topological polar surface area (TPSA) is 67.6 Å². The highest BCUT2D eigenvalue weighted by atomic mass is 16.5. The van der Waals surface area contributed by atoms with Crippen LogP contribution in [0.5, 0.6) is 5.75 Å². The Hall–Kier alpha value is -2.34. The summed E-state index contributed by atoms with van der Waals surface area (Å²) in [6.45, 7) is 3.00. The third-order valence-electron chi connectivity index (χ3n) is 3.51. The average Bonchev–Trinajstić information content (AvgIpc) is 3.04. The van der Waals surface area contributed by atoms with E-state index in [-0.39, 0.29) is 5.91 Å². The summed E-state index contributed by atoms with van der Waals surface area (Å²) in [5.41, 5.74) is 1.12. The van der Waals surface area contributed by atoms with Gasteiger partial charge in [0.15, 0.2) is 11.5 Å². The number of carbonyl (C=O) groups is 1. The third-order valence-corrected chi connectivity index (χ3v) is 3.51. The number of ether oxygens (including phenoxy) is 1. The Morgan fingerprint density at radius 2 is 2.10 bits per heavy atom. The van der Waals surface area contributed by atoms with E-state index in [1.54, 1.807) is 18.1 Å². The minimum atomic E-state index is -0.0959. The van der Waals surface area contributed by atoms with Crippen LogP contribution in [0.3, 0.4) is 0 Å². The summed E-state index contributed by atoms with van der Waals surface area (Å²) >= 11 is 0. The summed E-state index contributed by atoms with van der Waals surface area (Å²) in [5.74, 6) is 1.13. The lowest BCUT2D eigenvalue weighted by atomic mass is 10.1. The van der Waals surface area contributed by atoms with Crippen molar-refractivity contribution in [3.05, 3.63) is 36.0 Å². The first-order valence-electron chi connectivity index (χ1n) is 6.89. The molecular weight excluding hydrogens is 270 g/mol. The molecule has 3 rings (SSSR count). The lowest BCUT2D eigenvalue weighted by Gasteiger charge is -2.26. The van der Waals surface area contributed by atoms with Crippen LogP contribution in [0.2, 0.25) is 0 Å². The summed E-state index contributed by atoms with van der Waals surface area (Å²) in [5, 5.41) is 7.11. The van der Waals surface area contributed by atoms with E-state index in [4.69, 9.17) is 9.26 Å². The molecule has 1 aliphatic heterocycles. The van der Waals surface area contributed by atoms with Gasteiger partial charge in [0.05, 0.1) is 12.7 Å². The van der Waals surface area contributed by atoms with Crippen molar-refractivity contribution in [1.29, 1.82) is 0 Å². The van der Waals surface area contributed by atoms with Gasteiger partial charge in [-0.25, -0.2) is 0 Å². The molecule has 1 saturated heterocycles. The highest BCUT2D eigenvalue weighted by molar-refractivity contribution is 5.93. The number of para-hydroxylation sites is 1. The lowest BCUT2D eigenvalue weighted by molar-refractivity contribution is 0.0725. The molecule has 1 N–H and O–H groups in total. The van der Waals surface area contributed by atoms with E-state index in [0.29, 0.717) is 30.3 Å². The van der Waals surface area contributed by atoms with E-state index in [1.807, 2.05) is 24.3 Å². The Kier molecular flexibility index (Phi) is 3.87. The van der Waals surface area contributed by atoms with Gasteiger partial charge in [-0.1, -0.05) is 17.3 Å². The second-order valence-corrected chi connectivity index (χ2v) is 4.82. The summed E-state index contributed by atoms with van der Waals surface area (Å²) < 4.78 is 10.6. The number of hydrogen-bond acceptors (Lipinski definition) is 5. The molecule has 6 heteroatoms. The molecule has 0 unspecified atom stereocenters.